The van der Waals surface area contributed by atoms with Gasteiger partial charge in [-0.15, -0.1) is 0 Å². The molecule has 1 aliphatic carbocycles. The minimum absolute atomic E-state index is 0.160. The van der Waals surface area contributed by atoms with Crippen molar-refractivity contribution in [2.75, 3.05) is 6.61 Å². The molecule has 144 valence electrons. The third-order valence-corrected chi connectivity index (χ3v) is 5.34. The fourth-order valence-electron chi connectivity index (χ4n) is 4.03. The molecule has 1 heterocycles. The standard InChI is InChI=1S/C22H21FN2O3/c1-2-28-20-11-19-17(10-18(20)23)21(25-12-24-19)14-7-8-15(22(26)27)16(9-14)13-5-3-4-6-13/h7-13H,2-6H2,1H3,(H,26,27). The topological polar surface area (TPSA) is 72.3 Å². The van der Waals surface area contributed by atoms with Gasteiger partial charge >= 0.3 is 5.97 Å². The van der Waals surface area contributed by atoms with E-state index < -0.39 is 11.8 Å². The largest absolute Gasteiger partial charge is 0.491 e. The van der Waals surface area contributed by atoms with Gasteiger partial charge in [0, 0.05) is 17.0 Å². The molecule has 6 heteroatoms. The Hall–Kier alpha value is -3.02. The number of halogens is 1. The summed E-state index contributed by atoms with van der Waals surface area (Å²) in [5.41, 5.74) is 3.10. The first-order chi connectivity index (χ1) is 13.6. The number of carboxylic acids is 1. The van der Waals surface area contributed by atoms with Crippen LogP contribution in [0.4, 0.5) is 4.39 Å². The Balaban J connectivity index is 1.86. The first kappa shape index (κ1) is 18.3. The van der Waals surface area contributed by atoms with Gasteiger partial charge in [0.05, 0.1) is 23.4 Å². The number of carboxylic acid groups (broad SMARTS) is 1. The molecule has 0 saturated heterocycles. The molecule has 5 nitrogen and oxygen atoms in total. The molecule has 0 radical (unpaired) electrons. The molecule has 1 saturated carbocycles. The van der Waals surface area contributed by atoms with Crippen molar-refractivity contribution in [2.24, 2.45) is 0 Å². The molecule has 1 fully saturated rings. The summed E-state index contributed by atoms with van der Waals surface area (Å²) >= 11 is 0. The minimum Gasteiger partial charge on any atom is -0.491 e. The number of fused-ring (bicyclic) bond motifs is 1. The Morgan fingerprint density at radius 1 is 1.21 bits per heavy atom. The molecule has 0 spiro atoms. The molecule has 0 bridgehead atoms. The quantitative estimate of drug-likeness (QED) is 0.659. The van der Waals surface area contributed by atoms with E-state index in [0.717, 1.165) is 36.8 Å². The van der Waals surface area contributed by atoms with Gasteiger partial charge in [0.25, 0.3) is 0 Å². The van der Waals surface area contributed by atoms with Crippen LogP contribution in [0.3, 0.4) is 0 Å². The van der Waals surface area contributed by atoms with Gasteiger partial charge in [-0.2, -0.15) is 0 Å². The molecule has 3 aromatic rings. The highest BCUT2D eigenvalue weighted by Crippen LogP contribution is 2.38. The van der Waals surface area contributed by atoms with Gasteiger partial charge in [-0.25, -0.2) is 19.2 Å². The molecule has 28 heavy (non-hydrogen) atoms. The number of hydrogen-bond donors (Lipinski definition) is 1. The molecular weight excluding hydrogens is 359 g/mol. The van der Waals surface area contributed by atoms with Crippen LogP contribution < -0.4 is 4.74 Å². The highest BCUT2D eigenvalue weighted by atomic mass is 19.1. The zero-order valence-electron chi connectivity index (χ0n) is 15.6. The lowest BCUT2D eigenvalue weighted by Gasteiger charge is -2.15. The molecular formula is C22H21FN2O3. The lowest BCUT2D eigenvalue weighted by molar-refractivity contribution is 0.0695. The van der Waals surface area contributed by atoms with Crippen LogP contribution in [-0.2, 0) is 0 Å². The minimum atomic E-state index is -0.923. The van der Waals surface area contributed by atoms with E-state index in [1.807, 2.05) is 6.07 Å². The highest BCUT2D eigenvalue weighted by Gasteiger charge is 2.23. The smallest absolute Gasteiger partial charge is 0.335 e. The number of hydrogen-bond acceptors (Lipinski definition) is 4. The van der Waals surface area contributed by atoms with Crippen LogP contribution in [0.25, 0.3) is 22.2 Å². The van der Waals surface area contributed by atoms with Crippen molar-refractivity contribution in [1.82, 2.24) is 9.97 Å². The van der Waals surface area contributed by atoms with E-state index in [1.165, 1.54) is 12.4 Å². The highest BCUT2D eigenvalue weighted by molar-refractivity contribution is 5.95. The van der Waals surface area contributed by atoms with Crippen molar-refractivity contribution in [1.29, 1.82) is 0 Å². The van der Waals surface area contributed by atoms with Crippen LogP contribution in [0.5, 0.6) is 5.75 Å². The molecule has 1 N–H and O–H groups in total. The van der Waals surface area contributed by atoms with Gasteiger partial charge in [-0.3, -0.25) is 0 Å². The number of rotatable bonds is 5. The Bertz CT molecular complexity index is 1050. The van der Waals surface area contributed by atoms with E-state index in [4.69, 9.17) is 4.74 Å². The zero-order valence-corrected chi connectivity index (χ0v) is 15.6. The molecule has 1 aliphatic rings. The predicted octanol–water partition coefficient (Wildman–Crippen LogP) is 5.19. The number of aromatic nitrogens is 2. The maximum atomic E-state index is 14.4. The van der Waals surface area contributed by atoms with E-state index >= 15 is 0 Å². The molecule has 2 aromatic carbocycles. The third-order valence-electron chi connectivity index (χ3n) is 5.34. The number of ether oxygens (including phenoxy) is 1. The molecule has 0 amide bonds. The average molecular weight is 380 g/mol. The second-order valence-corrected chi connectivity index (χ2v) is 7.04. The summed E-state index contributed by atoms with van der Waals surface area (Å²) in [5.74, 6) is -0.995. The maximum Gasteiger partial charge on any atom is 0.335 e. The van der Waals surface area contributed by atoms with Gasteiger partial charge in [0.1, 0.15) is 6.33 Å². The first-order valence-electron chi connectivity index (χ1n) is 9.53. The average Bonchev–Trinajstić information content (AvgIpc) is 3.22. The first-order valence-corrected chi connectivity index (χ1v) is 9.53. The third kappa shape index (κ3) is 3.30. The van der Waals surface area contributed by atoms with Crippen LogP contribution in [0.2, 0.25) is 0 Å². The summed E-state index contributed by atoms with van der Waals surface area (Å²) < 4.78 is 19.8. The Morgan fingerprint density at radius 2 is 2.00 bits per heavy atom. The van der Waals surface area contributed by atoms with Gasteiger partial charge < -0.3 is 9.84 Å². The van der Waals surface area contributed by atoms with Crippen LogP contribution in [-0.4, -0.2) is 27.7 Å². The summed E-state index contributed by atoms with van der Waals surface area (Å²) in [5, 5.41) is 10.2. The number of carbonyl (C=O) groups is 1. The number of nitrogens with zero attached hydrogens (tertiary/aromatic N) is 2. The van der Waals surface area contributed by atoms with Crippen molar-refractivity contribution in [3.8, 4) is 17.0 Å². The second-order valence-electron chi connectivity index (χ2n) is 7.04. The van der Waals surface area contributed by atoms with Crippen LogP contribution in [0, 0.1) is 5.82 Å². The van der Waals surface area contributed by atoms with Crippen LogP contribution in [0.15, 0.2) is 36.7 Å². The van der Waals surface area contributed by atoms with Crippen molar-refractivity contribution in [2.45, 2.75) is 38.5 Å². The maximum absolute atomic E-state index is 14.4. The van der Waals surface area contributed by atoms with Crippen molar-refractivity contribution in [3.63, 3.8) is 0 Å². The van der Waals surface area contributed by atoms with E-state index in [-0.39, 0.29) is 11.7 Å². The summed E-state index contributed by atoms with van der Waals surface area (Å²) in [4.78, 5) is 20.3. The van der Waals surface area contributed by atoms with Crippen molar-refractivity contribution < 1.29 is 19.0 Å². The van der Waals surface area contributed by atoms with Crippen LogP contribution in [0.1, 0.15) is 54.4 Å². The van der Waals surface area contributed by atoms with E-state index in [0.29, 0.717) is 28.8 Å². The van der Waals surface area contributed by atoms with Gasteiger partial charge in [0.2, 0.25) is 0 Å². The molecule has 1 aromatic heterocycles. The van der Waals surface area contributed by atoms with E-state index in [2.05, 4.69) is 9.97 Å². The van der Waals surface area contributed by atoms with Crippen molar-refractivity contribution in [3.05, 3.63) is 53.6 Å². The summed E-state index contributed by atoms with van der Waals surface area (Å²) in [7, 11) is 0. The lowest BCUT2D eigenvalue weighted by Crippen LogP contribution is -2.06. The molecule has 4 rings (SSSR count). The molecule has 0 aliphatic heterocycles. The summed E-state index contributed by atoms with van der Waals surface area (Å²) in [6.45, 7) is 2.16. The Morgan fingerprint density at radius 3 is 2.71 bits per heavy atom. The zero-order chi connectivity index (χ0) is 19.7. The lowest BCUT2D eigenvalue weighted by atomic mass is 9.90. The fraction of sp³-hybridized carbons (Fsp3) is 0.318. The summed E-state index contributed by atoms with van der Waals surface area (Å²) in [6, 6.07) is 8.22. The van der Waals surface area contributed by atoms with Crippen molar-refractivity contribution >= 4 is 16.9 Å². The van der Waals surface area contributed by atoms with Gasteiger partial charge in [0.15, 0.2) is 11.6 Å². The Labute approximate surface area is 162 Å². The number of aromatic carboxylic acids is 1. The fourth-order valence-corrected chi connectivity index (χ4v) is 4.03. The second kappa shape index (κ2) is 7.54. The van der Waals surface area contributed by atoms with Crippen LogP contribution >= 0.6 is 0 Å². The van der Waals surface area contributed by atoms with Gasteiger partial charge in [-0.05, 0) is 49.4 Å². The van der Waals surface area contributed by atoms with E-state index in [9.17, 15) is 14.3 Å². The SMILES string of the molecule is CCOc1cc2ncnc(-c3ccc(C(=O)O)c(C4CCCC4)c3)c2cc1F. The monoisotopic (exact) mass is 380 g/mol. The summed E-state index contributed by atoms with van der Waals surface area (Å²) in [6.07, 6.45) is 5.62. The molecule has 0 unspecified atom stereocenters. The normalized spacial score (nSPS) is 14.5. The van der Waals surface area contributed by atoms with Gasteiger partial charge in [-0.1, -0.05) is 18.9 Å². The predicted molar refractivity (Wildman–Crippen MR) is 104 cm³/mol. The van der Waals surface area contributed by atoms with E-state index in [1.54, 1.807) is 25.1 Å². The molecule has 0 atom stereocenters. The number of benzene rings is 2. The Kier molecular flexibility index (Phi) is 4.94.